The normalized spacial score (nSPS) is 44.3. The van der Waals surface area contributed by atoms with Gasteiger partial charge in [-0.3, -0.25) is 4.79 Å². The first kappa shape index (κ1) is 9.71. The molecule has 2 fully saturated rings. The minimum absolute atomic E-state index is 0.0859. The summed E-state index contributed by atoms with van der Waals surface area (Å²) in [6.45, 7) is 0. The molecule has 0 radical (unpaired) electrons. The Balaban J connectivity index is 2.23. The number of hydrogen-bond donors (Lipinski definition) is 3. The van der Waals surface area contributed by atoms with Crippen molar-refractivity contribution in [3.8, 4) is 0 Å². The zero-order valence-electron chi connectivity index (χ0n) is 7.49. The number of amides is 1. The minimum atomic E-state index is -0.506. The quantitative estimate of drug-likeness (QED) is 0.567. The van der Waals surface area contributed by atoms with Crippen LogP contribution in [0.25, 0.3) is 0 Å². The number of fused-ring (bicyclic) bond motifs is 1. The largest absolute Gasteiger partial charge is 0.352 e. The topological polar surface area (TPSA) is 29.1 Å². The lowest BCUT2D eigenvalue weighted by molar-refractivity contribution is -0.121. The molecule has 4 heteroatoms. The van der Waals surface area contributed by atoms with Crippen molar-refractivity contribution >= 4 is 31.2 Å². The van der Waals surface area contributed by atoms with Crippen molar-refractivity contribution < 1.29 is 4.79 Å². The number of carbonyl (C=O) groups is 1. The maximum absolute atomic E-state index is 11.7. The molecule has 1 aliphatic carbocycles. The van der Waals surface area contributed by atoms with Crippen molar-refractivity contribution in [3.05, 3.63) is 0 Å². The molecule has 2 aliphatic rings. The second kappa shape index (κ2) is 3.39. The third-order valence-corrected chi connectivity index (χ3v) is 4.77. The lowest BCUT2D eigenvalue weighted by Crippen LogP contribution is -2.39. The summed E-state index contributed by atoms with van der Waals surface area (Å²) in [5.74, 6) is 1.03. The smallest absolute Gasteiger partial charge is 0.237 e. The molecule has 2 rings (SSSR count). The van der Waals surface area contributed by atoms with Crippen LogP contribution in [0.15, 0.2) is 0 Å². The first-order chi connectivity index (χ1) is 6.18. The van der Waals surface area contributed by atoms with Crippen LogP contribution in [0.5, 0.6) is 0 Å². The van der Waals surface area contributed by atoms with Crippen molar-refractivity contribution in [2.24, 2.45) is 5.92 Å². The van der Waals surface area contributed by atoms with E-state index in [-0.39, 0.29) is 5.91 Å². The van der Waals surface area contributed by atoms with Crippen molar-refractivity contribution in [1.82, 2.24) is 5.32 Å². The Morgan fingerprint density at radius 1 is 1.46 bits per heavy atom. The van der Waals surface area contributed by atoms with Crippen LogP contribution in [0.1, 0.15) is 25.7 Å². The molecular formula is C9H15NOS2. The molecule has 0 bridgehead atoms. The molecule has 1 heterocycles. The van der Waals surface area contributed by atoms with Crippen LogP contribution < -0.4 is 5.32 Å². The Morgan fingerprint density at radius 2 is 2.15 bits per heavy atom. The van der Waals surface area contributed by atoms with Gasteiger partial charge in [-0.25, -0.2) is 0 Å². The van der Waals surface area contributed by atoms with E-state index in [9.17, 15) is 4.79 Å². The molecule has 13 heavy (non-hydrogen) atoms. The van der Waals surface area contributed by atoms with Crippen LogP contribution in [-0.2, 0) is 4.79 Å². The van der Waals surface area contributed by atoms with Gasteiger partial charge in [0.05, 0.1) is 0 Å². The Labute approximate surface area is 89.7 Å². The van der Waals surface area contributed by atoms with Crippen LogP contribution >= 0.6 is 25.3 Å². The van der Waals surface area contributed by atoms with Gasteiger partial charge in [-0.15, -0.1) is 0 Å². The highest BCUT2D eigenvalue weighted by molar-refractivity contribution is 7.86. The molecule has 0 aromatic heterocycles. The van der Waals surface area contributed by atoms with Gasteiger partial charge in [0.15, 0.2) is 0 Å². The van der Waals surface area contributed by atoms with E-state index in [2.05, 4.69) is 30.6 Å². The fraction of sp³-hybridized carbons (Fsp3) is 0.889. The van der Waals surface area contributed by atoms with Gasteiger partial charge in [0.25, 0.3) is 0 Å². The fourth-order valence-corrected chi connectivity index (χ4v) is 3.28. The first-order valence-corrected chi connectivity index (χ1v) is 5.90. The first-order valence-electron chi connectivity index (χ1n) is 4.82. The van der Waals surface area contributed by atoms with Crippen molar-refractivity contribution in [2.45, 2.75) is 36.5 Å². The van der Waals surface area contributed by atoms with Gasteiger partial charge < -0.3 is 5.32 Å². The summed E-state index contributed by atoms with van der Waals surface area (Å²) in [6, 6.07) is 0.367. The van der Waals surface area contributed by atoms with Gasteiger partial charge in [-0.1, -0.05) is 12.8 Å². The summed E-state index contributed by atoms with van der Waals surface area (Å²) in [5.41, 5.74) is 0. The lowest BCUT2D eigenvalue weighted by atomic mass is 9.80. The molecule has 0 spiro atoms. The van der Waals surface area contributed by atoms with E-state index in [1.54, 1.807) is 0 Å². The van der Waals surface area contributed by atoms with E-state index in [0.717, 1.165) is 12.8 Å². The molecule has 1 saturated carbocycles. The minimum Gasteiger partial charge on any atom is -0.352 e. The average molecular weight is 217 g/mol. The Morgan fingerprint density at radius 3 is 2.85 bits per heavy atom. The zero-order valence-corrected chi connectivity index (χ0v) is 9.28. The monoisotopic (exact) mass is 217 g/mol. The Kier molecular flexibility index (Phi) is 2.53. The summed E-state index contributed by atoms with van der Waals surface area (Å²) in [4.78, 5) is 11.7. The van der Waals surface area contributed by atoms with E-state index < -0.39 is 4.75 Å². The molecule has 3 unspecified atom stereocenters. The highest BCUT2D eigenvalue weighted by atomic mass is 32.1. The van der Waals surface area contributed by atoms with E-state index in [0.29, 0.717) is 17.7 Å². The van der Waals surface area contributed by atoms with Gasteiger partial charge in [0.1, 0.15) is 4.75 Å². The molecule has 1 saturated heterocycles. The van der Waals surface area contributed by atoms with Crippen molar-refractivity contribution in [3.63, 3.8) is 0 Å². The van der Waals surface area contributed by atoms with Crippen molar-refractivity contribution in [1.29, 1.82) is 0 Å². The fourth-order valence-electron chi connectivity index (χ4n) is 2.53. The molecule has 74 valence electrons. The van der Waals surface area contributed by atoms with Gasteiger partial charge in [0, 0.05) is 17.7 Å². The van der Waals surface area contributed by atoms with E-state index >= 15 is 0 Å². The molecule has 1 amide bonds. The number of rotatable bonds is 1. The predicted octanol–water partition coefficient (Wildman–Crippen LogP) is 1.27. The van der Waals surface area contributed by atoms with Gasteiger partial charge >= 0.3 is 0 Å². The molecule has 0 aromatic rings. The number of carbonyl (C=O) groups excluding carboxylic acids is 1. The lowest BCUT2D eigenvalue weighted by Gasteiger charge is -2.31. The van der Waals surface area contributed by atoms with Crippen LogP contribution in [0.3, 0.4) is 0 Å². The highest BCUT2D eigenvalue weighted by Crippen LogP contribution is 2.42. The van der Waals surface area contributed by atoms with Crippen LogP contribution in [0.2, 0.25) is 0 Å². The second-order valence-corrected chi connectivity index (χ2v) is 5.17. The molecule has 1 aliphatic heterocycles. The van der Waals surface area contributed by atoms with E-state index in [1.165, 1.54) is 12.8 Å². The van der Waals surface area contributed by atoms with E-state index in [1.807, 2.05) is 0 Å². The maximum atomic E-state index is 11.7. The molecular weight excluding hydrogens is 202 g/mol. The van der Waals surface area contributed by atoms with Gasteiger partial charge in [-0.2, -0.15) is 25.3 Å². The molecule has 2 nitrogen and oxygen atoms in total. The summed E-state index contributed by atoms with van der Waals surface area (Å²) in [5, 5.41) is 3.03. The van der Waals surface area contributed by atoms with Crippen molar-refractivity contribution in [2.75, 3.05) is 5.75 Å². The summed E-state index contributed by atoms with van der Waals surface area (Å²) < 4.78 is -0.506. The number of nitrogens with one attached hydrogen (secondary N) is 1. The predicted molar refractivity (Wildman–Crippen MR) is 59.5 cm³/mol. The summed E-state index contributed by atoms with van der Waals surface area (Å²) >= 11 is 8.75. The zero-order chi connectivity index (χ0) is 9.47. The molecule has 1 N–H and O–H groups in total. The second-order valence-electron chi connectivity index (χ2n) is 4.05. The number of hydrogen-bond acceptors (Lipinski definition) is 3. The maximum Gasteiger partial charge on any atom is 0.237 e. The van der Waals surface area contributed by atoms with Crippen LogP contribution in [0.4, 0.5) is 0 Å². The Hall–Kier alpha value is 0.170. The third-order valence-electron chi connectivity index (χ3n) is 3.33. The summed E-state index contributed by atoms with van der Waals surface area (Å²) in [7, 11) is 0. The SMILES string of the molecule is O=C1NC2CCCCC2C1(S)CS. The third kappa shape index (κ3) is 1.38. The highest BCUT2D eigenvalue weighted by Gasteiger charge is 2.52. The van der Waals surface area contributed by atoms with Crippen LogP contribution in [-0.4, -0.2) is 22.4 Å². The number of thiol groups is 2. The van der Waals surface area contributed by atoms with Gasteiger partial charge in [-0.05, 0) is 12.8 Å². The average Bonchev–Trinajstić information content (AvgIpc) is 2.41. The van der Waals surface area contributed by atoms with Crippen LogP contribution in [0, 0.1) is 5.92 Å². The summed E-state index contributed by atoms with van der Waals surface area (Å²) in [6.07, 6.45) is 4.70. The molecule has 0 aromatic carbocycles. The Bertz CT molecular complexity index is 234. The van der Waals surface area contributed by atoms with Gasteiger partial charge in [0.2, 0.25) is 5.91 Å². The standard InChI is InChI=1S/C9H15NOS2/c11-8-9(13,5-12)6-3-1-2-4-7(6)10-8/h6-7,12-13H,1-5H2,(H,10,11). The molecule has 3 atom stereocenters. The van der Waals surface area contributed by atoms with E-state index in [4.69, 9.17) is 0 Å².